The fourth-order valence-corrected chi connectivity index (χ4v) is 3.35. The van der Waals surface area contributed by atoms with Crippen LogP contribution in [0.15, 0.2) is 47.4 Å². The van der Waals surface area contributed by atoms with E-state index in [4.69, 9.17) is 11.6 Å². The van der Waals surface area contributed by atoms with Gasteiger partial charge < -0.3 is 0 Å². The summed E-state index contributed by atoms with van der Waals surface area (Å²) in [6.45, 7) is 3.76. The van der Waals surface area contributed by atoms with Gasteiger partial charge in [-0.2, -0.15) is 0 Å². The Morgan fingerprint density at radius 3 is 2.42 bits per heavy atom. The number of anilines is 1. The monoisotopic (exact) mass is 295 g/mol. The van der Waals surface area contributed by atoms with Crippen molar-refractivity contribution >= 4 is 27.3 Å². The average Bonchev–Trinajstić information content (AvgIpc) is 2.34. The minimum atomic E-state index is -3.67. The highest BCUT2D eigenvalue weighted by atomic mass is 35.5. The molecular weight excluding hydrogens is 282 g/mol. The summed E-state index contributed by atoms with van der Waals surface area (Å²) in [5.41, 5.74) is 2.42. The van der Waals surface area contributed by atoms with Gasteiger partial charge in [0.2, 0.25) is 0 Å². The van der Waals surface area contributed by atoms with Crippen LogP contribution in [0.5, 0.6) is 0 Å². The van der Waals surface area contributed by atoms with Gasteiger partial charge in [0.05, 0.1) is 10.7 Å². The zero-order valence-corrected chi connectivity index (χ0v) is 12.2. The molecule has 19 heavy (non-hydrogen) atoms. The van der Waals surface area contributed by atoms with E-state index in [1.807, 2.05) is 26.0 Å². The molecule has 0 radical (unpaired) electrons. The van der Waals surface area contributed by atoms with E-state index in [9.17, 15) is 8.42 Å². The van der Waals surface area contributed by atoms with Gasteiger partial charge in [-0.05, 0) is 43.2 Å². The van der Waals surface area contributed by atoms with Gasteiger partial charge >= 0.3 is 0 Å². The van der Waals surface area contributed by atoms with Crippen molar-refractivity contribution in [3.63, 3.8) is 0 Å². The number of hydrogen-bond donors (Lipinski definition) is 1. The van der Waals surface area contributed by atoms with Crippen molar-refractivity contribution in [3.8, 4) is 0 Å². The van der Waals surface area contributed by atoms with Crippen LogP contribution in [0.2, 0.25) is 5.02 Å². The molecule has 2 aromatic rings. The molecule has 0 fully saturated rings. The van der Waals surface area contributed by atoms with Gasteiger partial charge in [-0.15, -0.1) is 0 Å². The zero-order chi connectivity index (χ0) is 14.0. The van der Waals surface area contributed by atoms with E-state index in [-0.39, 0.29) is 9.92 Å². The number of nitrogens with one attached hydrogen (secondary N) is 1. The molecule has 0 bridgehead atoms. The molecule has 2 aromatic carbocycles. The lowest BCUT2D eigenvalue weighted by Gasteiger charge is -2.12. The molecule has 5 heteroatoms. The Morgan fingerprint density at radius 2 is 1.74 bits per heavy atom. The number of hydrogen-bond acceptors (Lipinski definition) is 2. The van der Waals surface area contributed by atoms with E-state index < -0.39 is 10.0 Å². The standard InChI is InChI=1S/C14H14ClNO2S/c1-10-7-8-11(2)13(9-10)16-19(17,18)14-6-4-3-5-12(14)15/h3-9,16H,1-2H3. The van der Waals surface area contributed by atoms with Gasteiger partial charge in [0.15, 0.2) is 0 Å². The second-order valence-electron chi connectivity index (χ2n) is 4.35. The molecule has 2 rings (SSSR count). The van der Waals surface area contributed by atoms with Crippen molar-refractivity contribution in [3.05, 3.63) is 58.6 Å². The molecular formula is C14H14ClNO2S. The Bertz CT molecular complexity index is 711. The summed E-state index contributed by atoms with van der Waals surface area (Å²) < 4.78 is 27.2. The van der Waals surface area contributed by atoms with E-state index in [1.165, 1.54) is 6.07 Å². The van der Waals surface area contributed by atoms with E-state index in [2.05, 4.69) is 4.72 Å². The summed E-state index contributed by atoms with van der Waals surface area (Å²) in [6, 6.07) is 12.0. The molecule has 100 valence electrons. The summed E-state index contributed by atoms with van der Waals surface area (Å²) >= 11 is 5.93. The first-order valence-electron chi connectivity index (χ1n) is 5.75. The summed E-state index contributed by atoms with van der Waals surface area (Å²) in [6.07, 6.45) is 0. The predicted molar refractivity (Wildman–Crippen MR) is 78.2 cm³/mol. The Balaban J connectivity index is 2.43. The lowest BCUT2D eigenvalue weighted by atomic mass is 10.1. The molecule has 0 saturated heterocycles. The molecule has 0 amide bonds. The number of sulfonamides is 1. The molecule has 0 aliphatic carbocycles. The minimum absolute atomic E-state index is 0.0811. The van der Waals surface area contributed by atoms with Crippen LogP contribution < -0.4 is 4.72 Å². The summed E-state index contributed by atoms with van der Waals surface area (Å²) in [5, 5.41) is 0.209. The van der Waals surface area contributed by atoms with Gasteiger partial charge in [-0.1, -0.05) is 35.9 Å². The topological polar surface area (TPSA) is 46.2 Å². The summed E-state index contributed by atoms with van der Waals surface area (Å²) in [5.74, 6) is 0. The molecule has 0 heterocycles. The molecule has 0 saturated carbocycles. The highest BCUT2D eigenvalue weighted by Crippen LogP contribution is 2.25. The van der Waals surface area contributed by atoms with Crippen LogP contribution in [0, 0.1) is 13.8 Å². The van der Waals surface area contributed by atoms with E-state index in [1.54, 1.807) is 24.3 Å². The van der Waals surface area contributed by atoms with Crippen LogP contribution in [0.25, 0.3) is 0 Å². The number of aryl methyl sites for hydroxylation is 2. The van der Waals surface area contributed by atoms with Crippen LogP contribution >= 0.6 is 11.6 Å². The lowest BCUT2D eigenvalue weighted by molar-refractivity contribution is 0.601. The van der Waals surface area contributed by atoms with Gasteiger partial charge in [0.1, 0.15) is 4.90 Å². The maximum atomic E-state index is 12.3. The normalized spacial score (nSPS) is 11.3. The highest BCUT2D eigenvalue weighted by Gasteiger charge is 2.18. The van der Waals surface area contributed by atoms with Gasteiger partial charge in [-0.3, -0.25) is 4.72 Å². The second-order valence-corrected chi connectivity index (χ2v) is 6.41. The number of rotatable bonds is 3. The van der Waals surface area contributed by atoms with Crippen LogP contribution in [-0.2, 0) is 10.0 Å². The van der Waals surface area contributed by atoms with Crippen molar-refractivity contribution in [2.75, 3.05) is 4.72 Å². The molecule has 0 unspecified atom stereocenters. The molecule has 0 spiro atoms. The first-order valence-corrected chi connectivity index (χ1v) is 7.61. The van der Waals surface area contributed by atoms with Crippen molar-refractivity contribution in [1.29, 1.82) is 0 Å². The second kappa shape index (κ2) is 5.23. The van der Waals surface area contributed by atoms with E-state index in [0.29, 0.717) is 5.69 Å². The van der Waals surface area contributed by atoms with Crippen molar-refractivity contribution in [2.45, 2.75) is 18.7 Å². The third kappa shape index (κ3) is 3.08. The van der Waals surface area contributed by atoms with Crippen molar-refractivity contribution < 1.29 is 8.42 Å². The largest absolute Gasteiger partial charge is 0.279 e. The SMILES string of the molecule is Cc1ccc(C)c(NS(=O)(=O)c2ccccc2Cl)c1. The van der Waals surface area contributed by atoms with Crippen LogP contribution in [-0.4, -0.2) is 8.42 Å². The maximum Gasteiger partial charge on any atom is 0.263 e. The Labute approximate surface area is 118 Å². The Hall–Kier alpha value is -1.52. The fourth-order valence-electron chi connectivity index (χ4n) is 1.71. The fraction of sp³-hybridized carbons (Fsp3) is 0.143. The predicted octanol–water partition coefficient (Wildman–Crippen LogP) is 3.76. The van der Waals surface area contributed by atoms with E-state index in [0.717, 1.165) is 11.1 Å². The van der Waals surface area contributed by atoms with Crippen molar-refractivity contribution in [1.82, 2.24) is 0 Å². The van der Waals surface area contributed by atoms with Crippen LogP contribution in [0.3, 0.4) is 0 Å². The smallest absolute Gasteiger partial charge is 0.263 e. The molecule has 0 atom stereocenters. The minimum Gasteiger partial charge on any atom is -0.279 e. The molecule has 0 aromatic heterocycles. The molecule has 0 aliphatic heterocycles. The average molecular weight is 296 g/mol. The van der Waals surface area contributed by atoms with Crippen LogP contribution in [0.4, 0.5) is 5.69 Å². The first kappa shape index (κ1) is 13.9. The first-order chi connectivity index (χ1) is 8.90. The molecule has 1 N–H and O–H groups in total. The zero-order valence-electron chi connectivity index (χ0n) is 10.6. The van der Waals surface area contributed by atoms with E-state index >= 15 is 0 Å². The number of benzene rings is 2. The quantitative estimate of drug-likeness (QED) is 0.937. The van der Waals surface area contributed by atoms with Gasteiger partial charge in [0, 0.05) is 0 Å². The maximum absolute atomic E-state index is 12.3. The molecule has 3 nitrogen and oxygen atoms in total. The Kier molecular flexibility index (Phi) is 3.83. The number of halogens is 1. The third-order valence-electron chi connectivity index (χ3n) is 2.76. The van der Waals surface area contributed by atoms with Gasteiger partial charge in [0.25, 0.3) is 10.0 Å². The summed E-state index contributed by atoms with van der Waals surface area (Å²) in [4.78, 5) is 0.0811. The molecule has 0 aliphatic rings. The van der Waals surface area contributed by atoms with Crippen LogP contribution in [0.1, 0.15) is 11.1 Å². The van der Waals surface area contributed by atoms with Crippen molar-refractivity contribution in [2.24, 2.45) is 0 Å². The highest BCUT2D eigenvalue weighted by molar-refractivity contribution is 7.92. The summed E-state index contributed by atoms with van der Waals surface area (Å²) in [7, 11) is -3.67. The third-order valence-corrected chi connectivity index (χ3v) is 4.63. The Morgan fingerprint density at radius 1 is 1.05 bits per heavy atom. The lowest BCUT2D eigenvalue weighted by Crippen LogP contribution is -2.14. The van der Waals surface area contributed by atoms with Gasteiger partial charge in [-0.25, -0.2) is 8.42 Å².